The van der Waals surface area contributed by atoms with E-state index in [-0.39, 0.29) is 26.1 Å². The number of amides is 1. The van der Waals surface area contributed by atoms with Gasteiger partial charge in [0.1, 0.15) is 0 Å². The van der Waals surface area contributed by atoms with Crippen molar-refractivity contribution in [2.75, 3.05) is 32.9 Å². The lowest BCUT2D eigenvalue weighted by Crippen LogP contribution is -2.61. The number of rotatable bonds is 9. The molecule has 1 amide bonds. The maximum Gasteiger partial charge on any atom is 0.266 e. The van der Waals surface area contributed by atoms with Gasteiger partial charge in [-0.25, -0.2) is 23.0 Å². The fourth-order valence-corrected chi connectivity index (χ4v) is 8.41. The topological polar surface area (TPSA) is 94.2 Å². The van der Waals surface area contributed by atoms with Gasteiger partial charge >= 0.3 is 0 Å². The van der Waals surface area contributed by atoms with Gasteiger partial charge in [0.2, 0.25) is 10.0 Å². The van der Waals surface area contributed by atoms with Crippen molar-refractivity contribution in [3.05, 3.63) is 21.9 Å². The van der Waals surface area contributed by atoms with Gasteiger partial charge in [0.15, 0.2) is 11.0 Å². The molecule has 1 atom stereocenters. The van der Waals surface area contributed by atoms with Crippen LogP contribution in [0.3, 0.4) is 0 Å². The Morgan fingerprint density at radius 2 is 1.94 bits per heavy atom. The molecular weight excluding hydrogens is 476 g/mol. The predicted octanol–water partition coefficient (Wildman–Crippen LogP) is 3.72. The molecule has 34 heavy (non-hydrogen) atoms. The van der Waals surface area contributed by atoms with Crippen molar-refractivity contribution >= 4 is 27.3 Å². The van der Waals surface area contributed by atoms with Crippen LogP contribution in [0.25, 0.3) is 0 Å². The average molecular weight is 515 g/mol. The summed E-state index contributed by atoms with van der Waals surface area (Å²) in [6, 6.07) is 4.43. The van der Waals surface area contributed by atoms with E-state index in [0.29, 0.717) is 32.0 Å². The number of hydroxylamine groups is 1. The summed E-state index contributed by atoms with van der Waals surface area (Å²) in [5.74, 6) is -0.232. The molecule has 0 bridgehead atoms. The second-order valence-electron chi connectivity index (χ2n) is 9.54. The first-order chi connectivity index (χ1) is 16.5. The molecule has 10 heteroatoms. The van der Waals surface area contributed by atoms with Gasteiger partial charge in [0.05, 0.1) is 0 Å². The number of unbranched alkanes of at least 4 members (excludes halogenated alkanes) is 1. The van der Waals surface area contributed by atoms with Crippen LogP contribution in [0.5, 0.6) is 0 Å². The number of hydrogen-bond donors (Lipinski definition) is 1. The first-order valence-electron chi connectivity index (χ1n) is 12.7. The zero-order valence-corrected chi connectivity index (χ0v) is 21.8. The lowest BCUT2D eigenvalue weighted by atomic mass is 9.96. The van der Waals surface area contributed by atoms with E-state index < -0.39 is 27.0 Å². The Hall–Kier alpha value is -1.04. The van der Waals surface area contributed by atoms with Crippen molar-refractivity contribution in [2.45, 2.75) is 88.1 Å². The molecule has 0 aromatic carbocycles. The Balaban J connectivity index is 1.40. The zero-order chi connectivity index (χ0) is 24.0. The standard InChI is InChI=1S/C24H38N2O6S2/c1-2-3-6-20-8-9-21(33-20)19-10-14-26(15-11-19)34(28,29)24(12-17-30-18-13-24)23(27)25-32-22-7-4-5-16-31-22/h8-9,19,22H,2-7,10-18H2,1H3,(H,25,27). The van der Waals surface area contributed by atoms with Gasteiger partial charge in [-0.05, 0) is 56.6 Å². The van der Waals surface area contributed by atoms with Gasteiger partial charge < -0.3 is 9.47 Å². The summed E-state index contributed by atoms with van der Waals surface area (Å²) in [7, 11) is -3.89. The second-order valence-corrected chi connectivity index (χ2v) is 13.0. The highest BCUT2D eigenvalue weighted by Crippen LogP contribution is 2.38. The van der Waals surface area contributed by atoms with E-state index in [9.17, 15) is 13.2 Å². The molecule has 3 saturated heterocycles. The van der Waals surface area contributed by atoms with E-state index >= 15 is 0 Å². The number of carbonyl (C=O) groups excluding carboxylic acids is 1. The molecule has 4 rings (SSSR count). The quantitative estimate of drug-likeness (QED) is 0.505. The molecule has 0 aliphatic carbocycles. The zero-order valence-electron chi connectivity index (χ0n) is 20.1. The highest BCUT2D eigenvalue weighted by molar-refractivity contribution is 7.91. The van der Waals surface area contributed by atoms with Crippen LogP contribution in [0, 0.1) is 0 Å². The normalized spacial score (nSPS) is 24.7. The Morgan fingerprint density at radius 1 is 1.18 bits per heavy atom. The first kappa shape index (κ1) is 26.0. The molecule has 1 aromatic heterocycles. The Labute approximate surface area is 207 Å². The lowest BCUT2D eigenvalue weighted by molar-refractivity contribution is -0.202. The molecule has 8 nitrogen and oxygen atoms in total. The Morgan fingerprint density at radius 3 is 2.62 bits per heavy atom. The molecule has 192 valence electrons. The van der Waals surface area contributed by atoms with E-state index in [1.165, 1.54) is 26.9 Å². The number of nitrogens with one attached hydrogen (secondary N) is 1. The Bertz CT molecular complexity index is 898. The summed E-state index contributed by atoms with van der Waals surface area (Å²) in [6.07, 6.45) is 7.36. The number of hydrogen-bond acceptors (Lipinski definition) is 7. The summed E-state index contributed by atoms with van der Waals surface area (Å²) in [5, 5.41) is 0. The third-order valence-electron chi connectivity index (χ3n) is 7.28. The fraction of sp³-hybridized carbons (Fsp3) is 0.792. The predicted molar refractivity (Wildman–Crippen MR) is 131 cm³/mol. The van der Waals surface area contributed by atoms with E-state index in [2.05, 4.69) is 24.5 Å². The van der Waals surface area contributed by atoms with Crippen LogP contribution in [0.15, 0.2) is 12.1 Å². The van der Waals surface area contributed by atoms with Crippen LogP contribution in [0.4, 0.5) is 0 Å². The largest absolute Gasteiger partial charge is 0.381 e. The van der Waals surface area contributed by atoms with Crippen molar-refractivity contribution in [2.24, 2.45) is 0 Å². The van der Waals surface area contributed by atoms with Crippen LogP contribution in [-0.4, -0.2) is 62.6 Å². The first-order valence-corrected chi connectivity index (χ1v) is 15.0. The maximum atomic E-state index is 13.8. The van der Waals surface area contributed by atoms with Crippen molar-refractivity contribution in [3.63, 3.8) is 0 Å². The minimum atomic E-state index is -3.89. The van der Waals surface area contributed by atoms with Gasteiger partial charge in [-0.2, -0.15) is 0 Å². The number of nitrogens with zero attached hydrogens (tertiary/aromatic N) is 1. The molecule has 1 unspecified atom stereocenters. The minimum absolute atomic E-state index is 0.127. The molecular formula is C24H38N2O6S2. The summed E-state index contributed by atoms with van der Waals surface area (Å²) >= 11 is 1.86. The van der Waals surface area contributed by atoms with E-state index in [1.54, 1.807) is 0 Å². The molecule has 1 N–H and O–H groups in total. The third kappa shape index (κ3) is 5.68. The molecule has 0 saturated carbocycles. The number of sulfonamides is 1. The summed E-state index contributed by atoms with van der Waals surface area (Å²) in [4.78, 5) is 21.5. The second kappa shape index (κ2) is 11.8. The van der Waals surface area contributed by atoms with Crippen LogP contribution in [0.2, 0.25) is 0 Å². The smallest absolute Gasteiger partial charge is 0.266 e. The molecule has 3 aliphatic rings. The van der Waals surface area contributed by atoms with Gasteiger partial charge in [-0.1, -0.05) is 13.3 Å². The van der Waals surface area contributed by atoms with Crippen molar-refractivity contribution < 1.29 is 27.5 Å². The molecule has 1 aromatic rings. The number of aryl methyl sites for hydroxylation is 1. The highest BCUT2D eigenvalue weighted by Gasteiger charge is 2.55. The van der Waals surface area contributed by atoms with Crippen LogP contribution in [0.1, 0.15) is 80.4 Å². The highest BCUT2D eigenvalue weighted by atomic mass is 32.2. The van der Waals surface area contributed by atoms with Crippen LogP contribution < -0.4 is 5.48 Å². The van der Waals surface area contributed by atoms with E-state index in [4.69, 9.17) is 14.3 Å². The minimum Gasteiger partial charge on any atom is -0.381 e. The molecule has 4 heterocycles. The summed E-state index contributed by atoms with van der Waals surface area (Å²) in [6.45, 7) is 4.11. The van der Waals surface area contributed by atoms with E-state index in [1.807, 2.05) is 11.3 Å². The summed E-state index contributed by atoms with van der Waals surface area (Å²) in [5.41, 5.74) is 2.44. The molecule has 0 radical (unpaired) electrons. The fourth-order valence-electron chi connectivity index (χ4n) is 5.05. The van der Waals surface area contributed by atoms with Crippen molar-refractivity contribution in [1.82, 2.24) is 9.79 Å². The average Bonchev–Trinajstić information content (AvgIpc) is 3.36. The van der Waals surface area contributed by atoms with Gasteiger partial charge in [0.25, 0.3) is 5.91 Å². The number of piperidine rings is 1. The van der Waals surface area contributed by atoms with Crippen LogP contribution in [-0.2, 0) is 35.5 Å². The van der Waals surface area contributed by atoms with Crippen molar-refractivity contribution in [1.29, 1.82) is 0 Å². The number of ether oxygens (including phenoxy) is 2. The molecule has 3 fully saturated rings. The van der Waals surface area contributed by atoms with Crippen molar-refractivity contribution in [3.8, 4) is 0 Å². The third-order valence-corrected chi connectivity index (χ3v) is 11.2. The maximum absolute atomic E-state index is 13.8. The molecule has 0 spiro atoms. The number of carbonyl (C=O) groups is 1. The number of thiophene rings is 1. The Kier molecular flexibility index (Phi) is 9.03. The van der Waals surface area contributed by atoms with Crippen LogP contribution >= 0.6 is 11.3 Å². The van der Waals surface area contributed by atoms with E-state index in [0.717, 1.165) is 32.1 Å². The lowest BCUT2D eigenvalue weighted by Gasteiger charge is -2.41. The SMILES string of the molecule is CCCCc1ccc(C2CCN(S(=O)(=O)C3(C(=O)NOC4CCCCO4)CCOCC3)CC2)s1. The van der Waals surface area contributed by atoms with Gasteiger partial charge in [-0.3, -0.25) is 4.79 Å². The monoisotopic (exact) mass is 514 g/mol. The summed E-state index contributed by atoms with van der Waals surface area (Å²) < 4.78 is 38.6. The van der Waals surface area contributed by atoms with Gasteiger partial charge in [0, 0.05) is 61.9 Å². The van der Waals surface area contributed by atoms with Gasteiger partial charge in [-0.15, -0.1) is 11.3 Å². The molecule has 3 aliphatic heterocycles.